The highest BCUT2D eigenvalue weighted by atomic mass is 32.1. The van der Waals surface area contributed by atoms with Crippen LogP contribution >= 0.6 is 11.3 Å². The van der Waals surface area contributed by atoms with Crippen molar-refractivity contribution in [3.05, 3.63) is 18.2 Å². The van der Waals surface area contributed by atoms with E-state index in [0.29, 0.717) is 11.8 Å². The van der Waals surface area contributed by atoms with Crippen LogP contribution in [-0.2, 0) is 0 Å². The third-order valence-electron chi connectivity index (χ3n) is 0.665. The molecular formula is C5H6N2OS. The first kappa shape index (κ1) is 6.22. The van der Waals surface area contributed by atoms with Crippen molar-refractivity contribution in [3.63, 3.8) is 0 Å². The lowest BCUT2D eigenvalue weighted by Gasteiger charge is -1.91. The first-order valence-corrected chi connectivity index (χ1v) is 3.31. The number of hydrogen-bond acceptors (Lipinski definition) is 4. The van der Waals surface area contributed by atoms with Gasteiger partial charge in [0.2, 0.25) is 0 Å². The molecule has 48 valence electrons. The summed E-state index contributed by atoms with van der Waals surface area (Å²) in [6.45, 7) is 3.99. The predicted molar refractivity (Wildman–Crippen MR) is 35.6 cm³/mol. The quantitative estimate of drug-likeness (QED) is 0.593. The standard InChI is InChI=1S/C5H6N2OS/c1-2-3-8-5-7-6-4-9-5/h2,4H,1,3H2. The van der Waals surface area contributed by atoms with Gasteiger partial charge < -0.3 is 4.74 Å². The molecule has 0 saturated carbocycles. The second-order valence-corrected chi connectivity index (χ2v) is 2.10. The van der Waals surface area contributed by atoms with Crippen molar-refractivity contribution in [2.75, 3.05) is 6.61 Å². The van der Waals surface area contributed by atoms with E-state index in [1.54, 1.807) is 11.6 Å². The minimum atomic E-state index is 0.495. The molecule has 0 aliphatic rings. The van der Waals surface area contributed by atoms with Gasteiger partial charge in [-0.05, 0) is 0 Å². The largest absolute Gasteiger partial charge is 0.465 e. The Balaban J connectivity index is 2.38. The topological polar surface area (TPSA) is 35.0 Å². The third kappa shape index (κ3) is 1.81. The van der Waals surface area contributed by atoms with Gasteiger partial charge in [0.15, 0.2) is 0 Å². The average Bonchev–Trinajstić information content (AvgIpc) is 2.34. The van der Waals surface area contributed by atoms with Gasteiger partial charge in [0.1, 0.15) is 12.1 Å². The van der Waals surface area contributed by atoms with Crippen molar-refractivity contribution in [2.45, 2.75) is 0 Å². The van der Waals surface area contributed by atoms with Crippen LogP contribution in [0.25, 0.3) is 0 Å². The van der Waals surface area contributed by atoms with E-state index in [2.05, 4.69) is 16.8 Å². The second-order valence-electron chi connectivity index (χ2n) is 1.30. The maximum absolute atomic E-state index is 5.02. The summed E-state index contributed by atoms with van der Waals surface area (Å²) in [6, 6.07) is 0. The molecule has 0 aliphatic heterocycles. The summed E-state index contributed by atoms with van der Waals surface area (Å²) in [7, 11) is 0. The van der Waals surface area contributed by atoms with Crippen LogP contribution in [0.3, 0.4) is 0 Å². The van der Waals surface area contributed by atoms with Crippen LogP contribution in [0.4, 0.5) is 0 Å². The molecular weight excluding hydrogens is 136 g/mol. The van der Waals surface area contributed by atoms with Gasteiger partial charge in [-0.25, -0.2) is 0 Å². The van der Waals surface area contributed by atoms with Crippen molar-refractivity contribution in [2.24, 2.45) is 0 Å². The van der Waals surface area contributed by atoms with Crippen LogP contribution in [0, 0.1) is 0 Å². The predicted octanol–water partition coefficient (Wildman–Crippen LogP) is 1.10. The third-order valence-corrected chi connectivity index (χ3v) is 1.27. The molecule has 0 unspecified atom stereocenters. The number of rotatable bonds is 3. The van der Waals surface area contributed by atoms with Gasteiger partial charge in [-0.3, -0.25) is 0 Å². The van der Waals surface area contributed by atoms with Crippen molar-refractivity contribution < 1.29 is 4.74 Å². The van der Waals surface area contributed by atoms with Gasteiger partial charge in [-0.2, -0.15) is 0 Å². The van der Waals surface area contributed by atoms with Gasteiger partial charge in [0.25, 0.3) is 5.19 Å². The second kappa shape index (κ2) is 3.19. The van der Waals surface area contributed by atoms with E-state index in [-0.39, 0.29) is 0 Å². The maximum atomic E-state index is 5.02. The Morgan fingerprint density at radius 3 is 3.33 bits per heavy atom. The van der Waals surface area contributed by atoms with Crippen LogP contribution in [0.5, 0.6) is 5.19 Å². The Hall–Kier alpha value is -0.900. The van der Waals surface area contributed by atoms with Crippen LogP contribution < -0.4 is 4.74 Å². The molecule has 9 heavy (non-hydrogen) atoms. The Morgan fingerprint density at radius 1 is 1.89 bits per heavy atom. The summed E-state index contributed by atoms with van der Waals surface area (Å²) in [4.78, 5) is 0. The van der Waals surface area contributed by atoms with Crippen molar-refractivity contribution in [3.8, 4) is 5.19 Å². The molecule has 0 radical (unpaired) electrons. The van der Waals surface area contributed by atoms with E-state index in [0.717, 1.165) is 0 Å². The minimum Gasteiger partial charge on any atom is -0.465 e. The van der Waals surface area contributed by atoms with E-state index in [1.807, 2.05) is 0 Å². The highest BCUT2D eigenvalue weighted by Gasteiger charge is 1.91. The molecule has 0 spiro atoms. The first-order valence-electron chi connectivity index (χ1n) is 2.43. The zero-order valence-corrected chi connectivity index (χ0v) is 5.60. The van der Waals surface area contributed by atoms with Crippen LogP contribution in [0.15, 0.2) is 18.2 Å². The molecule has 0 atom stereocenters. The summed E-state index contributed by atoms with van der Waals surface area (Å²) in [5.41, 5.74) is 1.62. The highest BCUT2D eigenvalue weighted by Crippen LogP contribution is 2.10. The SMILES string of the molecule is C=CCOc1nncs1. The van der Waals surface area contributed by atoms with Crippen molar-refractivity contribution >= 4 is 11.3 Å². The summed E-state index contributed by atoms with van der Waals surface area (Å²) in [6.07, 6.45) is 1.67. The zero-order chi connectivity index (χ0) is 6.53. The molecule has 1 rings (SSSR count). The molecule has 3 nitrogen and oxygen atoms in total. The normalized spacial score (nSPS) is 8.89. The Labute approximate surface area is 57.0 Å². The zero-order valence-electron chi connectivity index (χ0n) is 4.78. The Morgan fingerprint density at radius 2 is 2.78 bits per heavy atom. The summed E-state index contributed by atoms with van der Waals surface area (Å²) in [5, 5.41) is 7.83. The van der Waals surface area contributed by atoms with Gasteiger partial charge in [-0.15, -0.1) is 10.2 Å². The lowest BCUT2D eigenvalue weighted by atomic mass is 10.7. The molecule has 1 aromatic rings. The molecule has 1 aromatic heterocycles. The first-order chi connectivity index (χ1) is 4.43. The van der Waals surface area contributed by atoms with Gasteiger partial charge >= 0.3 is 0 Å². The number of nitrogens with zero attached hydrogens (tertiary/aromatic N) is 2. The Bertz CT molecular complexity index is 173. The summed E-state index contributed by atoms with van der Waals surface area (Å²) in [5.74, 6) is 0. The lowest BCUT2D eigenvalue weighted by molar-refractivity contribution is 0.357. The molecule has 0 amide bonds. The van der Waals surface area contributed by atoms with E-state index in [9.17, 15) is 0 Å². The summed E-state index contributed by atoms with van der Waals surface area (Å²) < 4.78 is 5.02. The number of ether oxygens (including phenoxy) is 1. The fourth-order valence-electron chi connectivity index (χ4n) is 0.356. The Kier molecular flexibility index (Phi) is 2.21. The van der Waals surface area contributed by atoms with Crippen molar-refractivity contribution in [1.29, 1.82) is 0 Å². The van der Waals surface area contributed by atoms with E-state index in [1.165, 1.54) is 11.3 Å². The molecule has 0 fully saturated rings. The van der Waals surface area contributed by atoms with Crippen molar-refractivity contribution in [1.82, 2.24) is 10.2 Å². The fraction of sp³-hybridized carbons (Fsp3) is 0.200. The average molecular weight is 142 g/mol. The monoisotopic (exact) mass is 142 g/mol. The van der Waals surface area contributed by atoms with Crippen LogP contribution in [-0.4, -0.2) is 16.8 Å². The highest BCUT2D eigenvalue weighted by molar-refractivity contribution is 7.11. The molecule has 4 heteroatoms. The molecule has 0 bridgehead atoms. The van der Waals surface area contributed by atoms with Gasteiger partial charge in [0, 0.05) is 0 Å². The van der Waals surface area contributed by atoms with E-state index in [4.69, 9.17) is 4.74 Å². The molecule has 1 heterocycles. The number of aromatic nitrogens is 2. The maximum Gasteiger partial charge on any atom is 0.294 e. The number of hydrogen-bond donors (Lipinski definition) is 0. The molecule has 0 aromatic carbocycles. The minimum absolute atomic E-state index is 0.495. The van der Waals surface area contributed by atoms with Crippen LogP contribution in [0.1, 0.15) is 0 Å². The van der Waals surface area contributed by atoms with Gasteiger partial charge in [-0.1, -0.05) is 24.0 Å². The van der Waals surface area contributed by atoms with Crippen LogP contribution in [0.2, 0.25) is 0 Å². The fourth-order valence-corrected chi connectivity index (χ4v) is 0.771. The summed E-state index contributed by atoms with van der Waals surface area (Å²) >= 11 is 1.37. The molecule has 0 saturated heterocycles. The lowest BCUT2D eigenvalue weighted by Crippen LogP contribution is -1.91. The smallest absolute Gasteiger partial charge is 0.294 e. The van der Waals surface area contributed by atoms with E-state index < -0.39 is 0 Å². The molecule has 0 aliphatic carbocycles. The van der Waals surface area contributed by atoms with Gasteiger partial charge in [0.05, 0.1) is 0 Å². The molecule has 0 N–H and O–H groups in total. The van der Waals surface area contributed by atoms with E-state index >= 15 is 0 Å².